The molecule has 3 heterocycles. The molecule has 36 heavy (non-hydrogen) atoms. The third kappa shape index (κ3) is 7.09. The van der Waals surface area contributed by atoms with E-state index in [1.807, 2.05) is 38.6 Å². The van der Waals surface area contributed by atoms with Crippen LogP contribution >= 0.6 is 0 Å². The van der Waals surface area contributed by atoms with E-state index in [9.17, 15) is 19.2 Å². The number of aryl methyl sites for hydroxylation is 4. The third-order valence-electron chi connectivity index (χ3n) is 5.32. The SMILES string of the molecule is Cc1nc(C)c(NC(=O)NNC(=O)Cc2cccn2C)cc1NC(=O)NNC(=O)Cc1cccn1C. The van der Waals surface area contributed by atoms with Gasteiger partial charge in [0.05, 0.1) is 35.6 Å². The van der Waals surface area contributed by atoms with Crippen molar-refractivity contribution in [1.82, 2.24) is 35.8 Å². The minimum atomic E-state index is -0.688. The minimum absolute atomic E-state index is 0.0970. The highest BCUT2D eigenvalue weighted by atomic mass is 16.2. The highest BCUT2D eigenvalue weighted by Gasteiger charge is 2.14. The number of aromatic nitrogens is 3. The van der Waals surface area contributed by atoms with Gasteiger partial charge in [-0.1, -0.05) is 0 Å². The van der Waals surface area contributed by atoms with Crippen LogP contribution in [-0.2, 0) is 36.5 Å². The number of pyridine rings is 1. The van der Waals surface area contributed by atoms with E-state index in [4.69, 9.17) is 0 Å². The number of carbonyl (C=O) groups excluding carboxylic acids is 4. The lowest BCUT2D eigenvalue weighted by Crippen LogP contribution is -2.45. The van der Waals surface area contributed by atoms with Gasteiger partial charge in [0.1, 0.15) is 0 Å². The fraction of sp³-hybridized carbons (Fsp3) is 0.261. The second-order valence-corrected chi connectivity index (χ2v) is 8.08. The normalized spacial score (nSPS) is 10.3. The lowest BCUT2D eigenvalue weighted by Gasteiger charge is -2.15. The van der Waals surface area contributed by atoms with Crippen LogP contribution in [0.4, 0.5) is 21.0 Å². The molecule has 0 aliphatic rings. The maximum Gasteiger partial charge on any atom is 0.337 e. The standard InChI is InChI=1S/C23H29N9O4/c1-14-18(25-22(35)29-27-20(33)11-16-7-5-9-31(16)3)13-19(15(2)24-14)26-23(36)30-28-21(34)12-17-8-6-10-32(17)4/h5-10,13H,11-12H2,1-4H3,(H,27,33)(H,28,34)(H2,25,29,35)(H2,26,30,36). The van der Waals surface area contributed by atoms with Crippen molar-refractivity contribution in [3.05, 3.63) is 65.5 Å². The maximum absolute atomic E-state index is 12.3. The molecule has 3 rings (SSSR count). The average Bonchev–Trinajstić information content (AvgIpc) is 3.41. The van der Waals surface area contributed by atoms with Crippen molar-refractivity contribution in [3.63, 3.8) is 0 Å². The summed E-state index contributed by atoms with van der Waals surface area (Å²) in [6.45, 7) is 3.37. The van der Waals surface area contributed by atoms with Gasteiger partial charge < -0.3 is 19.8 Å². The van der Waals surface area contributed by atoms with Crippen LogP contribution in [0.15, 0.2) is 42.7 Å². The number of anilines is 2. The molecule has 190 valence electrons. The number of rotatable bonds is 6. The average molecular weight is 496 g/mol. The molecule has 6 amide bonds. The highest BCUT2D eigenvalue weighted by molar-refractivity contribution is 5.95. The zero-order valence-corrected chi connectivity index (χ0v) is 20.4. The first-order valence-electron chi connectivity index (χ1n) is 11.0. The molecule has 0 aromatic carbocycles. The molecule has 0 aliphatic carbocycles. The predicted octanol–water partition coefficient (Wildman–Crippen LogP) is 1.17. The van der Waals surface area contributed by atoms with E-state index in [0.717, 1.165) is 11.4 Å². The summed E-state index contributed by atoms with van der Waals surface area (Å²) < 4.78 is 3.61. The van der Waals surface area contributed by atoms with Crippen LogP contribution in [-0.4, -0.2) is 38.0 Å². The van der Waals surface area contributed by atoms with Gasteiger partial charge in [-0.25, -0.2) is 20.4 Å². The summed E-state index contributed by atoms with van der Waals surface area (Å²) in [5.74, 6) is -0.780. The second kappa shape index (κ2) is 11.6. The van der Waals surface area contributed by atoms with Crippen LogP contribution in [0.5, 0.6) is 0 Å². The Labute approximate surface area is 207 Å². The Morgan fingerprint density at radius 2 is 1.14 bits per heavy atom. The van der Waals surface area contributed by atoms with Crippen molar-refractivity contribution < 1.29 is 19.2 Å². The number of hydrogen-bond acceptors (Lipinski definition) is 5. The van der Waals surface area contributed by atoms with Gasteiger partial charge in [0, 0.05) is 37.9 Å². The molecule has 13 heteroatoms. The topological polar surface area (TPSA) is 163 Å². The fourth-order valence-electron chi connectivity index (χ4n) is 3.32. The Hall–Kier alpha value is -4.81. The zero-order chi connectivity index (χ0) is 26.2. The minimum Gasteiger partial charge on any atom is -0.354 e. The second-order valence-electron chi connectivity index (χ2n) is 8.08. The third-order valence-corrected chi connectivity index (χ3v) is 5.32. The van der Waals surface area contributed by atoms with Crippen molar-refractivity contribution in [1.29, 1.82) is 0 Å². The van der Waals surface area contributed by atoms with Gasteiger partial charge in [0.2, 0.25) is 11.8 Å². The number of urea groups is 2. The molecular formula is C23H29N9O4. The predicted molar refractivity (Wildman–Crippen MR) is 133 cm³/mol. The first kappa shape index (κ1) is 25.8. The van der Waals surface area contributed by atoms with Gasteiger partial charge in [0.25, 0.3) is 0 Å². The highest BCUT2D eigenvalue weighted by Crippen LogP contribution is 2.21. The number of hydrazine groups is 2. The molecule has 0 aliphatic heterocycles. The van der Waals surface area contributed by atoms with Gasteiger partial charge in [-0.15, -0.1) is 0 Å². The molecule has 0 fully saturated rings. The van der Waals surface area contributed by atoms with E-state index in [1.165, 1.54) is 6.07 Å². The van der Waals surface area contributed by atoms with Gasteiger partial charge in [0.15, 0.2) is 0 Å². The Kier molecular flexibility index (Phi) is 8.28. The van der Waals surface area contributed by atoms with Crippen molar-refractivity contribution in [2.24, 2.45) is 14.1 Å². The summed E-state index contributed by atoms with van der Waals surface area (Å²) in [5, 5.41) is 5.16. The molecule has 0 spiro atoms. The van der Waals surface area contributed by atoms with E-state index in [-0.39, 0.29) is 24.7 Å². The van der Waals surface area contributed by atoms with E-state index in [2.05, 4.69) is 37.3 Å². The Morgan fingerprint density at radius 1 is 0.722 bits per heavy atom. The summed E-state index contributed by atoms with van der Waals surface area (Å²) in [6.07, 6.45) is 3.83. The van der Waals surface area contributed by atoms with Crippen LogP contribution < -0.4 is 32.3 Å². The monoisotopic (exact) mass is 495 g/mol. The van der Waals surface area contributed by atoms with Crippen LogP contribution in [0, 0.1) is 13.8 Å². The van der Waals surface area contributed by atoms with Crippen molar-refractivity contribution in [2.75, 3.05) is 10.6 Å². The van der Waals surface area contributed by atoms with Crippen LogP contribution in [0.3, 0.4) is 0 Å². The van der Waals surface area contributed by atoms with Crippen LogP contribution in [0.25, 0.3) is 0 Å². The molecule has 3 aromatic heterocycles. The van der Waals surface area contributed by atoms with E-state index in [0.29, 0.717) is 22.8 Å². The summed E-state index contributed by atoms with van der Waals surface area (Å²) >= 11 is 0. The number of nitrogens with zero attached hydrogens (tertiary/aromatic N) is 3. The smallest absolute Gasteiger partial charge is 0.337 e. The van der Waals surface area contributed by atoms with Gasteiger partial charge in [-0.3, -0.25) is 25.4 Å². The quantitative estimate of drug-likeness (QED) is 0.282. The van der Waals surface area contributed by atoms with Crippen LogP contribution in [0.2, 0.25) is 0 Å². The first-order chi connectivity index (χ1) is 17.1. The Morgan fingerprint density at radius 3 is 1.50 bits per heavy atom. The lowest BCUT2D eigenvalue weighted by molar-refractivity contribution is -0.122. The van der Waals surface area contributed by atoms with Gasteiger partial charge >= 0.3 is 12.1 Å². The van der Waals surface area contributed by atoms with Crippen molar-refractivity contribution in [3.8, 4) is 0 Å². The summed E-state index contributed by atoms with van der Waals surface area (Å²) in [6, 6.07) is 7.40. The molecule has 13 nitrogen and oxygen atoms in total. The molecule has 6 N–H and O–H groups in total. The molecular weight excluding hydrogens is 466 g/mol. The molecule has 0 atom stereocenters. The van der Waals surface area contributed by atoms with Crippen molar-refractivity contribution >= 4 is 35.3 Å². The molecule has 0 radical (unpaired) electrons. The zero-order valence-electron chi connectivity index (χ0n) is 20.4. The molecule has 0 bridgehead atoms. The van der Waals surface area contributed by atoms with Gasteiger partial charge in [-0.2, -0.15) is 0 Å². The van der Waals surface area contributed by atoms with E-state index in [1.54, 1.807) is 35.1 Å². The number of carbonyl (C=O) groups is 4. The molecule has 0 saturated heterocycles. The summed E-state index contributed by atoms with van der Waals surface area (Å²) in [5.41, 5.74) is 12.5. The van der Waals surface area contributed by atoms with Crippen molar-refractivity contribution in [2.45, 2.75) is 26.7 Å². The largest absolute Gasteiger partial charge is 0.354 e. The number of nitrogens with one attached hydrogen (secondary N) is 6. The maximum atomic E-state index is 12.3. The fourth-order valence-corrected chi connectivity index (χ4v) is 3.32. The van der Waals surface area contributed by atoms with E-state index >= 15 is 0 Å². The summed E-state index contributed by atoms with van der Waals surface area (Å²) in [7, 11) is 3.64. The molecule has 3 aromatic rings. The molecule has 0 saturated carbocycles. The van der Waals surface area contributed by atoms with Crippen LogP contribution in [0.1, 0.15) is 22.8 Å². The number of amides is 6. The molecule has 0 unspecified atom stereocenters. The summed E-state index contributed by atoms with van der Waals surface area (Å²) in [4.78, 5) is 53.0. The Bertz CT molecular complexity index is 1180. The number of hydrogen-bond donors (Lipinski definition) is 6. The Balaban J connectivity index is 1.50. The first-order valence-corrected chi connectivity index (χ1v) is 11.0. The van der Waals surface area contributed by atoms with Gasteiger partial charge in [-0.05, 0) is 44.2 Å². The lowest BCUT2D eigenvalue weighted by atomic mass is 10.2. The van der Waals surface area contributed by atoms with E-state index < -0.39 is 12.1 Å².